The fraction of sp³-hybridized carbons (Fsp3) is 0.692. The van der Waals surface area contributed by atoms with E-state index in [2.05, 4.69) is 27.5 Å². The van der Waals surface area contributed by atoms with E-state index in [0.717, 1.165) is 42.5 Å². The van der Waals surface area contributed by atoms with Gasteiger partial charge in [-0.2, -0.15) is 13.2 Å². The first-order chi connectivity index (χ1) is 9.97. The summed E-state index contributed by atoms with van der Waals surface area (Å²) in [5, 5.41) is 7.75. The number of nitrogens with zero attached hydrogens (tertiary/aromatic N) is 2. The molecule has 1 aromatic heterocycles. The summed E-state index contributed by atoms with van der Waals surface area (Å²) < 4.78 is 37.2. The Kier molecular flexibility index (Phi) is 10.7. The monoisotopic (exact) mass is 450 g/mol. The van der Waals surface area contributed by atoms with Gasteiger partial charge in [0.1, 0.15) is 0 Å². The first kappa shape index (κ1) is 21.4. The Morgan fingerprint density at radius 3 is 2.50 bits per heavy atom. The van der Waals surface area contributed by atoms with Gasteiger partial charge in [0, 0.05) is 31.9 Å². The Morgan fingerprint density at radius 2 is 1.95 bits per heavy atom. The highest BCUT2D eigenvalue weighted by Crippen LogP contribution is 2.29. The molecule has 0 aromatic carbocycles. The van der Waals surface area contributed by atoms with Crippen LogP contribution in [0.3, 0.4) is 0 Å². The summed E-state index contributed by atoms with van der Waals surface area (Å²) in [4.78, 5) is 7.64. The first-order valence-corrected chi connectivity index (χ1v) is 7.81. The molecule has 1 aromatic rings. The lowest BCUT2D eigenvalue weighted by Gasteiger charge is -2.10. The van der Waals surface area contributed by atoms with Crippen molar-refractivity contribution in [1.29, 1.82) is 0 Å². The first-order valence-electron chi connectivity index (χ1n) is 6.93. The van der Waals surface area contributed by atoms with E-state index in [-0.39, 0.29) is 24.0 Å². The van der Waals surface area contributed by atoms with Crippen LogP contribution in [0.5, 0.6) is 0 Å². The predicted octanol–water partition coefficient (Wildman–Crippen LogP) is 3.68. The Hall–Kier alpha value is -0.580. The molecule has 0 aliphatic rings. The van der Waals surface area contributed by atoms with Crippen molar-refractivity contribution in [2.45, 2.75) is 38.8 Å². The lowest BCUT2D eigenvalue weighted by atomic mass is 10.2. The SMILES string of the molecule is CCCCCNC(=NC)NCCc1nc(C(F)(F)F)cs1.I. The quantitative estimate of drug-likeness (QED) is 0.289. The Bertz CT molecular complexity index is 449. The van der Waals surface area contributed by atoms with Crippen LogP contribution < -0.4 is 10.6 Å². The highest BCUT2D eigenvalue weighted by atomic mass is 127. The summed E-state index contributed by atoms with van der Waals surface area (Å²) in [7, 11) is 1.67. The van der Waals surface area contributed by atoms with Gasteiger partial charge in [0.25, 0.3) is 0 Å². The number of thiazole rings is 1. The highest BCUT2D eigenvalue weighted by Gasteiger charge is 2.33. The number of rotatable bonds is 7. The van der Waals surface area contributed by atoms with Crippen LogP contribution in [0.25, 0.3) is 0 Å². The second-order valence-corrected chi connectivity index (χ2v) is 5.45. The zero-order valence-corrected chi connectivity index (χ0v) is 15.8. The number of hydrogen-bond acceptors (Lipinski definition) is 3. The van der Waals surface area contributed by atoms with E-state index in [4.69, 9.17) is 0 Å². The molecule has 0 saturated heterocycles. The van der Waals surface area contributed by atoms with Gasteiger partial charge in [-0.1, -0.05) is 19.8 Å². The van der Waals surface area contributed by atoms with Crippen molar-refractivity contribution in [3.05, 3.63) is 16.1 Å². The number of unbranched alkanes of at least 4 members (excludes halogenated alkanes) is 2. The van der Waals surface area contributed by atoms with Crippen molar-refractivity contribution in [2.75, 3.05) is 20.1 Å². The molecular formula is C13H22F3IN4S. The van der Waals surface area contributed by atoms with Gasteiger partial charge < -0.3 is 10.6 Å². The molecule has 0 radical (unpaired) electrons. The number of halogens is 4. The van der Waals surface area contributed by atoms with Crippen LogP contribution in [0.15, 0.2) is 10.4 Å². The molecule has 22 heavy (non-hydrogen) atoms. The third-order valence-electron chi connectivity index (χ3n) is 2.77. The molecule has 0 amide bonds. The lowest BCUT2D eigenvalue weighted by molar-refractivity contribution is -0.140. The van der Waals surface area contributed by atoms with Crippen molar-refractivity contribution < 1.29 is 13.2 Å². The van der Waals surface area contributed by atoms with Crippen molar-refractivity contribution in [1.82, 2.24) is 15.6 Å². The van der Waals surface area contributed by atoms with Gasteiger partial charge >= 0.3 is 6.18 Å². The van der Waals surface area contributed by atoms with Crippen LogP contribution in [-0.4, -0.2) is 31.1 Å². The second kappa shape index (κ2) is 11.0. The Labute approximate surface area is 150 Å². The molecule has 0 unspecified atom stereocenters. The molecule has 2 N–H and O–H groups in total. The zero-order valence-electron chi connectivity index (χ0n) is 12.7. The fourth-order valence-corrected chi connectivity index (χ4v) is 2.45. The minimum Gasteiger partial charge on any atom is -0.356 e. The smallest absolute Gasteiger partial charge is 0.356 e. The summed E-state index contributed by atoms with van der Waals surface area (Å²) in [6.07, 6.45) is -0.545. The van der Waals surface area contributed by atoms with Crippen LogP contribution in [0, 0.1) is 0 Å². The summed E-state index contributed by atoms with van der Waals surface area (Å²) in [6.45, 7) is 3.47. The standard InChI is InChI=1S/C13H21F3N4S.HI/c1-3-4-5-7-18-12(17-2)19-8-6-11-20-10(9-21-11)13(14,15)16;/h9H,3-8H2,1-2H3,(H2,17,18,19);1H. The predicted molar refractivity (Wildman–Crippen MR) is 95.1 cm³/mol. The van der Waals surface area contributed by atoms with E-state index in [0.29, 0.717) is 23.9 Å². The maximum atomic E-state index is 12.4. The van der Waals surface area contributed by atoms with Gasteiger partial charge in [-0.05, 0) is 6.42 Å². The largest absolute Gasteiger partial charge is 0.434 e. The summed E-state index contributed by atoms with van der Waals surface area (Å²) in [6, 6.07) is 0. The van der Waals surface area contributed by atoms with Gasteiger partial charge in [0.05, 0.1) is 5.01 Å². The van der Waals surface area contributed by atoms with Crippen LogP contribution in [0.4, 0.5) is 13.2 Å². The molecule has 0 aliphatic heterocycles. The molecule has 0 aliphatic carbocycles. The van der Waals surface area contributed by atoms with E-state index in [1.807, 2.05) is 0 Å². The molecule has 0 bridgehead atoms. The topological polar surface area (TPSA) is 49.3 Å². The maximum absolute atomic E-state index is 12.4. The molecule has 1 rings (SSSR count). The molecule has 0 atom stereocenters. The molecule has 1 heterocycles. The average molecular weight is 450 g/mol. The minimum absolute atomic E-state index is 0. The number of hydrogen-bond donors (Lipinski definition) is 2. The zero-order chi connectivity index (χ0) is 15.7. The molecular weight excluding hydrogens is 428 g/mol. The van der Waals surface area contributed by atoms with E-state index < -0.39 is 11.9 Å². The van der Waals surface area contributed by atoms with Crippen LogP contribution in [-0.2, 0) is 12.6 Å². The normalized spacial score (nSPS) is 12.0. The van der Waals surface area contributed by atoms with Gasteiger partial charge in [-0.15, -0.1) is 35.3 Å². The summed E-state index contributed by atoms with van der Waals surface area (Å²) in [5.41, 5.74) is -0.815. The third kappa shape index (κ3) is 8.16. The number of aliphatic imine (C=N–C) groups is 1. The molecule has 9 heteroatoms. The van der Waals surface area contributed by atoms with Crippen LogP contribution in [0.2, 0.25) is 0 Å². The van der Waals surface area contributed by atoms with Gasteiger partial charge in [0.2, 0.25) is 0 Å². The average Bonchev–Trinajstić information content (AvgIpc) is 2.90. The second-order valence-electron chi connectivity index (χ2n) is 4.51. The molecule has 0 saturated carbocycles. The van der Waals surface area contributed by atoms with Gasteiger partial charge in [-0.25, -0.2) is 4.98 Å². The summed E-state index contributed by atoms with van der Waals surface area (Å²) in [5.74, 6) is 0.665. The van der Waals surface area contributed by atoms with Crippen molar-refractivity contribution in [2.24, 2.45) is 4.99 Å². The van der Waals surface area contributed by atoms with E-state index in [1.54, 1.807) is 7.05 Å². The van der Waals surface area contributed by atoms with Gasteiger partial charge in [-0.3, -0.25) is 4.99 Å². The van der Waals surface area contributed by atoms with Crippen molar-refractivity contribution in [3.63, 3.8) is 0 Å². The third-order valence-corrected chi connectivity index (χ3v) is 3.68. The van der Waals surface area contributed by atoms with Crippen LogP contribution in [0.1, 0.15) is 36.9 Å². The lowest BCUT2D eigenvalue weighted by Crippen LogP contribution is -2.38. The van der Waals surface area contributed by atoms with Crippen molar-refractivity contribution in [3.8, 4) is 0 Å². The van der Waals surface area contributed by atoms with E-state index >= 15 is 0 Å². The van der Waals surface area contributed by atoms with E-state index in [1.165, 1.54) is 0 Å². The fourth-order valence-electron chi connectivity index (χ4n) is 1.65. The molecule has 0 fully saturated rings. The Morgan fingerprint density at radius 1 is 1.27 bits per heavy atom. The summed E-state index contributed by atoms with van der Waals surface area (Å²) >= 11 is 1.03. The molecule has 128 valence electrons. The van der Waals surface area contributed by atoms with Crippen molar-refractivity contribution >= 4 is 41.3 Å². The minimum atomic E-state index is -4.36. The molecule has 4 nitrogen and oxygen atoms in total. The molecule has 0 spiro atoms. The van der Waals surface area contributed by atoms with E-state index in [9.17, 15) is 13.2 Å². The number of alkyl halides is 3. The van der Waals surface area contributed by atoms with Crippen LogP contribution >= 0.6 is 35.3 Å². The Balaban J connectivity index is 0.00000441. The number of guanidine groups is 1. The highest BCUT2D eigenvalue weighted by molar-refractivity contribution is 14.0. The maximum Gasteiger partial charge on any atom is 0.434 e. The number of nitrogens with one attached hydrogen (secondary N) is 2. The van der Waals surface area contributed by atoms with Gasteiger partial charge in [0.15, 0.2) is 11.7 Å². The number of aromatic nitrogens is 1.